The molecule has 17 heavy (non-hydrogen) atoms. The van der Waals surface area contributed by atoms with Crippen LogP contribution in [0, 0.1) is 11.6 Å². The molecule has 4 nitrogen and oxygen atoms in total. The van der Waals surface area contributed by atoms with E-state index in [2.05, 4.69) is 10.1 Å². The first-order valence-corrected chi connectivity index (χ1v) is 5.17. The monoisotopic (exact) mass is 259 g/mol. The second kappa shape index (κ2) is 4.77. The van der Waals surface area contributed by atoms with Crippen molar-refractivity contribution in [3.05, 3.63) is 34.6 Å². The molecule has 0 aliphatic carbocycles. The summed E-state index contributed by atoms with van der Waals surface area (Å²) in [6.07, 6.45) is 0.404. The SMILES string of the molecule is NCCc1noc(-c2cc(F)c(Cl)cc2F)n1. The summed E-state index contributed by atoms with van der Waals surface area (Å²) in [6.45, 7) is 0.344. The fraction of sp³-hybridized carbons (Fsp3) is 0.200. The first-order valence-electron chi connectivity index (χ1n) is 4.79. The van der Waals surface area contributed by atoms with Gasteiger partial charge in [0.15, 0.2) is 5.82 Å². The fourth-order valence-electron chi connectivity index (χ4n) is 1.28. The Kier molecular flexibility index (Phi) is 3.35. The van der Waals surface area contributed by atoms with Gasteiger partial charge in [-0.15, -0.1) is 0 Å². The van der Waals surface area contributed by atoms with Crippen LogP contribution in [-0.4, -0.2) is 16.7 Å². The van der Waals surface area contributed by atoms with Crippen molar-refractivity contribution in [2.75, 3.05) is 6.54 Å². The zero-order valence-electron chi connectivity index (χ0n) is 8.58. The highest BCUT2D eigenvalue weighted by Gasteiger charge is 2.16. The Morgan fingerprint density at radius 1 is 1.29 bits per heavy atom. The van der Waals surface area contributed by atoms with Crippen LogP contribution in [0.2, 0.25) is 5.02 Å². The van der Waals surface area contributed by atoms with Crippen molar-refractivity contribution in [3.63, 3.8) is 0 Å². The van der Waals surface area contributed by atoms with Crippen LogP contribution in [0.15, 0.2) is 16.7 Å². The van der Waals surface area contributed by atoms with Gasteiger partial charge in [-0.3, -0.25) is 0 Å². The molecule has 2 N–H and O–H groups in total. The Labute approximate surface area is 100 Å². The summed E-state index contributed by atoms with van der Waals surface area (Å²) in [5, 5.41) is 3.29. The highest BCUT2D eigenvalue weighted by Crippen LogP contribution is 2.26. The summed E-state index contributed by atoms with van der Waals surface area (Å²) in [5.74, 6) is -1.22. The van der Waals surface area contributed by atoms with Crippen molar-refractivity contribution >= 4 is 11.6 Å². The Balaban J connectivity index is 2.41. The van der Waals surface area contributed by atoms with Gasteiger partial charge in [0.25, 0.3) is 5.89 Å². The maximum atomic E-state index is 13.5. The second-order valence-corrected chi connectivity index (χ2v) is 3.71. The quantitative estimate of drug-likeness (QED) is 0.858. The van der Waals surface area contributed by atoms with Crippen LogP contribution in [-0.2, 0) is 6.42 Å². The number of aromatic nitrogens is 2. The average Bonchev–Trinajstić information content (AvgIpc) is 2.72. The van der Waals surface area contributed by atoms with E-state index in [0.29, 0.717) is 18.8 Å². The molecule has 0 aliphatic heterocycles. The highest BCUT2D eigenvalue weighted by atomic mass is 35.5. The van der Waals surface area contributed by atoms with E-state index in [1.165, 1.54) is 0 Å². The standard InChI is InChI=1S/C10H8ClF2N3O/c11-6-4-7(12)5(3-8(6)13)10-15-9(1-2-14)16-17-10/h3-4H,1-2,14H2. The van der Waals surface area contributed by atoms with Crippen LogP contribution in [0.5, 0.6) is 0 Å². The van der Waals surface area contributed by atoms with Crippen LogP contribution >= 0.6 is 11.6 Å². The van der Waals surface area contributed by atoms with Gasteiger partial charge in [-0.05, 0) is 18.7 Å². The van der Waals surface area contributed by atoms with Crippen molar-refractivity contribution < 1.29 is 13.3 Å². The number of rotatable bonds is 3. The van der Waals surface area contributed by atoms with Gasteiger partial charge < -0.3 is 10.3 Å². The highest BCUT2D eigenvalue weighted by molar-refractivity contribution is 6.30. The zero-order valence-corrected chi connectivity index (χ0v) is 9.34. The van der Waals surface area contributed by atoms with E-state index in [0.717, 1.165) is 12.1 Å². The molecule has 1 heterocycles. The molecule has 0 unspecified atom stereocenters. The third-order valence-corrected chi connectivity index (χ3v) is 2.37. The summed E-state index contributed by atoms with van der Waals surface area (Å²) < 4.78 is 31.5. The van der Waals surface area contributed by atoms with E-state index in [1.807, 2.05) is 0 Å². The molecule has 0 aliphatic rings. The molecule has 7 heteroatoms. The lowest BCUT2D eigenvalue weighted by molar-refractivity contribution is 0.420. The van der Waals surface area contributed by atoms with E-state index >= 15 is 0 Å². The number of hydrogen-bond donors (Lipinski definition) is 1. The van der Waals surface area contributed by atoms with Gasteiger partial charge in [-0.25, -0.2) is 8.78 Å². The van der Waals surface area contributed by atoms with Crippen LogP contribution in [0.25, 0.3) is 11.5 Å². The minimum Gasteiger partial charge on any atom is -0.334 e. The Hall–Kier alpha value is -1.53. The average molecular weight is 260 g/mol. The van der Waals surface area contributed by atoms with Crippen LogP contribution in [0.3, 0.4) is 0 Å². The van der Waals surface area contributed by atoms with Gasteiger partial charge in [0.05, 0.1) is 10.6 Å². The first kappa shape index (κ1) is 11.9. The molecule has 0 fully saturated rings. The molecule has 1 aromatic heterocycles. The molecule has 90 valence electrons. The molecular formula is C10H8ClF2N3O. The number of hydrogen-bond acceptors (Lipinski definition) is 4. The first-order chi connectivity index (χ1) is 8.11. The van der Waals surface area contributed by atoms with Gasteiger partial charge in [0.2, 0.25) is 0 Å². The molecule has 0 bridgehead atoms. The lowest BCUT2D eigenvalue weighted by atomic mass is 10.2. The molecule has 0 amide bonds. The van der Waals surface area contributed by atoms with Gasteiger partial charge in [-0.2, -0.15) is 4.98 Å². The molecule has 0 saturated heterocycles. The Bertz CT molecular complexity index is 544. The molecule has 0 radical (unpaired) electrons. The number of halogens is 3. The zero-order chi connectivity index (χ0) is 12.4. The van der Waals surface area contributed by atoms with Gasteiger partial charge in [0.1, 0.15) is 11.6 Å². The molecule has 0 saturated carbocycles. The Morgan fingerprint density at radius 3 is 2.76 bits per heavy atom. The minimum absolute atomic E-state index is 0.0958. The molecule has 2 rings (SSSR count). The van der Waals surface area contributed by atoms with E-state index < -0.39 is 11.6 Å². The summed E-state index contributed by atoms with van der Waals surface area (Å²) in [4.78, 5) is 3.89. The maximum absolute atomic E-state index is 13.5. The van der Waals surface area contributed by atoms with Crippen molar-refractivity contribution in [2.45, 2.75) is 6.42 Å². The van der Waals surface area contributed by atoms with Gasteiger partial charge >= 0.3 is 0 Å². The summed E-state index contributed by atoms with van der Waals surface area (Å²) in [7, 11) is 0. The largest absolute Gasteiger partial charge is 0.334 e. The topological polar surface area (TPSA) is 64.9 Å². The van der Waals surface area contributed by atoms with E-state index in [9.17, 15) is 8.78 Å². The van der Waals surface area contributed by atoms with Gasteiger partial charge in [-0.1, -0.05) is 16.8 Å². The van der Waals surface area contributed by atoms with Crippen LogP contribution in [0.4, 0.5) is 8.78 Å². The second-order valence-electron chi connectivity index (χ2n) is 3.30. The van der Waals surface area contributed by atoms with E-state index in [1.54, 1.807) is 0 Å². The summed E-state index contributed by atoms with van der Waals surface area (Å²) in [5.41, 5.74) is 5.19. The van der Waals surface area contributed by atoms with Crippen molar-refractivity contribution in [3.8, 4) is 11.5 Å². The van der Waals surface area contributed by atoms with Crippen molar-refractivity contribution in [2.24, 2.45) is 5.73 Å². The van der Waals surface area contributed by atoms with Crippen molar-refractivity contribution in [1.82, 2.24) is 10.1 Å². The van der Waals surface area contributed by atoms with Crippen LogP contribution in [0.1, 0.15) is 5.82 Å². The van der Waals surface area contributed by atoms with Crippen LogP contribution < -0.4 is 5.73 Å². The van der Waals surface area contributed by atoms with E-state index in [-0.39, 0.29) is 16.5 Å². The third kappa shape index (κ3) is 2.42. The number of nitrogens with two attached hydrogens (primary N) is 1. The smallest absolute Gasteiger partial charge is 0.261 e. The predicted octanol–water partition coefficient (Wildman–Crippen LogP) is 2.17. The fourth-order valence-corrected chi connectivity index (χ4v) is 1.43. The normalized spacial score (nSPS) is 10.8. The molecule has 1 aromatic carbocycles. The number of nitrogens with zero attached hydrogens (tertiary/aromatic N) is 2. The molecule has 0 spiro atoms. The molecule has 2 aromatic rings. The van der Waals surface area contributed by atoms with E-state index in [4.69, 9.17) is 21.9 Å². The molecular weight excluding hydrogens is 252 g/mol. The molecule has 0 atom stereocenters. The lowest BCUT2D eigenvalue weighted by Gasteiger charge is -1.99. The Morgan fingerprint density at radius 2 is 2.06 bits per heavy atom. The van der Waals surface area contributed by atoms with Crippen molar-refractivity contribution in [1.29, 1.82) is 0 Å². The number of benzene rings is 1. The maximum Gasteiger partial charge on any atom is 0.261 e. The predicted molar refractivity (Wildman–Crippen MR) is 57.4 cm³/mol. The minimum atomic E-state index is -0.748. The summed E-state index contributed by atoms with van der Waals surface area (Å²) in [6, 6.07) is 1.77. The van der Waals surface area contributed by atoms with Gasteiger partial charge in [0, 0.05) is 6.42 Å². The third-order valence-electron chi connectivity index (χ3n) is 2.08. The summed E-state index contributed by atoms with van der Waals surface area (Å²) >= 11 is 5.43. The lowest BCUT2D eigenvalue weighted by Crippen LogP contribution is -2.03.